The van der Waals surface area contributed by atoms with Gasteiger partial charge < -0.3 is 0 Å². The van der Waals surface area contributed by atoms with Gasteiger partial charge in [0.15, 0.2) is 0 Å². The first-order valence-electron chi connectivity index (χ1n) is 8.11. The van der Waals surface area contributed by atoms with Crippen LogP contribution in [0, 0.1) is 12.7 Å². The number of aromatic nitrogens is 1. The van der Waals surface area contributed by atoms with Crippen LogP contribution in [0.15, 0.2) is 52.7 Å². The monoisotopic (exact) mass is 390 g/mol. The molecule has 4 nitrogen and oxygen atoms in total. The molecule has 0 atom stereocenters. The second kappa shape index (κ2) is 7.17. The Bertz CT molecular complexity index is 1030. The molecule has 0 saturated heterocycles. The fourth-order valence-electron chi connectivity index (χ4n) is 2.63. The molecule has 0 unspecified atom stereocenters. The van der Waals surface area contributed by atoms with Gasteiger partial charge in [0.05, 0.1) is 15.6 Å². The highest BCUT2D eigenvalue weighted by atomic mass is 32.2. The molecule has 1 aromatic heterocycles. The molecule has 0 aliphatic heterocycles. The van der Waals surface area contributed by atoms with E-state index in [-0.39, 0.29) is 10.8 Å². The average Bonchev–Trinajstić information content (AvgIpc) is 3.02. The van der Waals surface area contributed by atoms with Crippen LogP contribution in [0.3, 0.4) is 0 Å². The van der Waals surface area contributed by atoms with Gasteiger partial charge in [-0.3, -0.25) is 4.72 Å². The van der Waals surface area contributed by atoms with E-state index >= 15 is 0 Å². The van der Waals surface area contributed by atoms with E-state index in [1.807, 2.05) is 38.3 Å². The summed E-state index contributed by atoms with van der Waals surface area (Å²) in [5.74, 6) is -0.391. The molecular formula is C19H19FN2O2S2. The van der Waals surface area contributed by atoms with Gasteiger partial charge in [-0.15, -0.1) is 11.3 Å². The number of hydrogen-bond donors (Lipinski definition) is 1. The highest BCUT2D eigenvalue weighted by Gasteiger charge is 2.22. The lowest BCUT2D eigenvalue weighted by atomic mass is 10.0. The predicted molar refractivity (Wildman–Crippen MR) is 104 cm³/mol. The van der Waals surface area contributed by atoms with Crippen LogP contribution in [0.25, 0.3) is 11.3 Å². The lowest BCUT2D eigenvalue weighted by molar-refractivity contribution is 0.598. The third-order valence-electron chi connectivity index (χ3n) is 3.94. The second-order valence-electron chi connectivity index (χ2n) is 6.27. The van der Waals surface area contributed by atoms with Crippen molar-refractivity contribution in [3.63, 3.8) is 0 Å². The van der Waals surface area contributed by atoms with Gasteiger partial charge in [0, 0.05) is 16.6 Å². The van der Waals surface area contributed by atoms with Crippen LogP contribution in [0.2, 0.25) is 0 Å². The number of nitrogens with zero attached hydrogens (tertiary/aromatic N) is 1. The molecule has 0 spiro atoms. The van der Waals surface area contributed by atoms with Gasteiger partial charge in [0.2, 0.25) is 0 Å². The van der Waals surface area contributed by atoms with Crippen LogP contribution in [0.4, 0.5) is 10.1 Å². The van der Waals surface area contributed by atoms with Crippen molar-refractivity contribution in [3.05, 3.63) is 64.2 Å². The Morgan fingerprint density at radius 1 is 1.12 bits per heavy atom. The van der Waals surface area contributed by atoms with E-state index in [4.69, 9.17) is 0 Å². The van der Waals surface area contributed by atoms with Gasteiger partial charge >= 0.3 is 0 Å². The molecule has 7 heteroatoms. The zero-order valence-electron chi connectivity index (χ0n) is 14.7. The van der Waals surface area contributed by atoms with E-state index in [0.717, 1.165) is 21.8 Å². The normalized spacial score (nSPS) is 11.7. The van der Waals surface area contributed by atoms with Crippen molar-refractivity contribution in [2.24, 2.45) is 0 Å². The molecule has 3 rings (SSSR count). The molecule has 0 aliphatic carbocycles. The van der Waals surface area contributed by atoms with Crippen molar-refractivity contribution < 1.29 is 12.8 Å². The van der Waals surface area contributed by atoms with E-state index in [0.29, 0.717) is 5.69 Å². The van der Waals surface area contributed by atoms with E-state index in [2.05, 4.69) is 9.71 Å². The number of hydrogen-bond acceptors (Lipinski definition) is 4. The Labute approximate surface area is 156 Å². The maximum atomic E-state index is 13.1. The first-order chi connectivity index (χ1) is 12.3. The van der Waals surface area contributed by atoms with Gasteiger partial charge in [-0.1, -0.05) is 26.0 Å². The number of halogens is 1. The van der Waals surface area contributed by atoms with Gasteiger partial charge in [0.1, 0.15) is 5.82 Å². The molecule has 0 amide bonds. The minimum absolute atomic E-state index is 0.0287. The van der Waals surface area contributed by atoms with Gasteiger partial charge in [-0.25, -0.2) is 17.8 Å². The lowest BCUT2D eigenvalue weighted by Crippen LogP contribution is -2.15. The molecule has 26 heavy (non-hydrogen) atoms. The fraction of sp³-hybridized carbons (Fsp3) is 0.211. The molecular weight excluding hydrogens is 371 g/mol. The summed E-state index contributed by atoms with van der Waals surface area (Å²) in [5, 5.41) is 2.82. The summed E-state index contributed by atoms with van der Waals surface area (Å²) in [7, 11) is -3.82. The molecule has 0 aliphatic rings. The van der Waals surface area contributed by atoms with Gasteiger partial charge in [-0.2, -0.15) is 0 Å². The molecule has 0 saturated carbocycles. The third kappa shape index (κ3) is 3.94. The summed E-state index contributed by atoms with van der Waals surface area (Å²) < 4.78 is 41.6. The first kappa shape index (κ1) is 18.5. The van der Waals surface area contributed by atoms with Crippen molar-refractivity contribution >= 4 is 27.0 Å². The van der Waals surface area contributed by atoms with Gasteiger partial charge in [-0.05, 0) is 48.7 Å². The molecule has 2 aromatic carbocycles. The lowest BCUT2D eigenvalue weighted by Gasteiger charge is -2.16. The number of rotatable bonds is 5. The molecule has 0 fully saturated rings. The predicted octanol–water partition coefficient (Wildman–Crippen LogP) is 5.18. The number of nitrogens with one attached hydrogen (secondary N) is 1. The molecule has 0 bridgehead atoms. The summed E-state index contributed by atoms with van der Waals surface area (Å²) in [6.45, 7) is 5.79. The van der Waals surface area contributed by atoms with Crippen molar-refractivity contribution in [1.29, 1.82) is 0 Å². The van der Waals surface area contributed by atoms with Crippen LogP contribution in [-0.4, -0.2) is 13.4 Å². The Kier molecular flexibility index (Phi) is 5.11. The molecule has 3 aromatic rings. The van der Waals surface area contributed by atoms with Crippen LogP contribution in [0.1, 0.15) is 30.3 Å². The summed E-state index contributed by atoms with van der Waals surface area (Å²) >= 11 is 1.52. The standard InChI is InChI=1S/C19H19FN2O2S2/c1-12(2)17-9-4-14(18-11-25-13(3)21-18)10-19(17)26(23,24)22-16-7-5-15(20)6-8-16/h4-12,22H,1-3H3. The number of anilines is 1. The second-order valence-corrected chi connectivity index (χ2v) is 8.98. The van der Waals surface area contributed by atoms with Crippen LogP contribution in [-0.2, 0) is 10.0 Å². The number of aryl methyl sites for hydroxylation is 1. The number of benzene rings is 2. The van der Waals surface area contributed by atoms with Crippen molar-refractivity contribution in [1.82, 2.24) is 4.98 Å². The molecule has 1 N–H and O–H groups in total. The van der Waals surface area contributed by atoms with Crippen LogP contribution >= 0.6 is 11.3 Å². The van der Waals surface area contributed by atoms with Crippen molar-refractivity contribution in [3.8, 4) is 11.3 Å². The van der Waals surface area contributed by atoms with E-state index in [9.17, 15) is 12.8 Å². The maximum Gasteiger partial charge on any atom is 0.262 e. The summed E-state index contributed by atoms with van der Waals surface area (Å²) in [6, 6.07) is 10.6. The minimum Gasteiger partial charge on any atom is -0.280 e. The SMILES string of the molecule is Cc1nc(-c2ccc(C(C)C)c(S(=O)(=O)Nc3ccc(F)cc3)c2)cs1. The molecule has 136 valence electrons. The largest absolute Gasteiger partial charge is 0.280 e. The zero-order chi connectivity index (χ0) is 18.9. The van der Waals surface area contributed by atoms with Crippen LogP contribution < -0.4 is 4.72 Å². The smallest absolute Gasteiger partial charge is 0.262 e. The Morgan fingerprint density at radius 2 is 1.81 bits per heavy atom. The Hall–Kier alpha value is -2.25. The summed E-state index contributed by atoms with van der Waals surface area (Å²) in [4.78, 5) is 4.64. The zero-order valence-corrected chi connectivity index (χ0v) is 16.3. The first-order valence-corrected chi connectivity index (χ1v) is 10.5. The topological polar surface area (TPSA) is 59.1 Å². The van der Waals surface area contributed by atoms with Crippen molar-refractivity contribution in [2.45, 2.75) is 31.6 Å². The van der Waals surface area contributed by atoms with Crippen LogP contribution in [0.5, 0.6) is 0 Å². The highest BCUT2D eigenvalue weighted by Crippen LogP contribution is 2.31. The third-order valence-corrected chi connectivity index (χ3v) is 6.15. The summed E-state index contributed by atoms with van der Waals surface area (Å²) in [5.41, 5.74) is 2.53. The van der Waals surface area contributed by atoms with Gasteiger partial charge in [0.25, 0.3) is 10.0 Å². The highest BCUT2D eigenvalue weighted by molar-refractivity contribution is 7.92. The molecule has 0 radical (unpaired) electrons. The number of sulfonamides is 1. The Morgan fingerprint density at radius 3 is 2.38 bits per heavy atom. The van der Waals surface area contributed by atoms with E-state index < -0.39 is 15.8 Å². The van der Waals surface area contributed by atoms with E-state index in [1.54, 1.807) is 6.07 Å². The average molecular weight is 391 g/mol. The fourth-order valence-corrected chi connectivity index (χ4v) is 4.70. The van der Waals surface area contributed by atoms with Crippen molar-refractivity contribution in [2.75, 3.05) is 4.72 Å². The van der Waals surface area contributed by atoms with E-state index in [1.165, 1.54) is 35.6 Å². The molecule has 1 heterocycles. The number of thiazole rings is 1. The summed E-state index contributed by atoms with van der Waals surface area (Å²) in [6.07, 6.45) is 0. The minimum atomic E-state index is -3.82. The Balaban J connectivity index is 2.06. The quantitative estimate of drug-likeness (QED) is 0.653. The maximum absolute atomic E-state index is 13.1.